The van der Waals surface area contributed by atoms with Crippen LogP contribution in [0.1, 0.15) is 12.0 Å². The fourth-order valence-corrected chi connectivity index (χ4v) is 2.92. The number of hydrogen-bond donors (Lipinski definition) is 2. The average molecular weight is 301 g/mol. The zero-order valence-corrected chi connectivity index (χ0v) is 12.6. The lowest BCUT2D eigenvalue weighted by Gasteiger charge is -2.05. The van der Waals surface area contributed by atoms with Gasteiger partial charge in [-0.25, -0.2) is 5.48 Å². The molecular formula is C17H19NO2S. The van der Waals surface area contributed by atoms with E-state index in [9.17, 15) is 4.79 Å². The van der Waals surface area contributed by atoms with Crippen molar-refractivity contribution < 1.29 is 10.0 Å². The molecule has 0 saturated heterocycles. The Morgan fingerprint density at radius 2 is 1.62 bits per heavy atom. The van der Waals surface area contributed by atoms with Gasteiger partial charge in [0.25, 0.3) is 0 Å². The Morgan fingerprint density at radius 3 is 2.29 bits per heavy atom. The molecule has 0 aromatic heterocycles. The van der Waals surface area contributed by atoms with Crippen molar-refractivity contribution in [1.82, 2.24) is 5.48 Å². The first-order valence-corrected chi connectivity index (χ1v) is 8.10. The van der Waals surface area contributed by atoms with Gasteiger partial charge in [0.1, 0.15) is 0 Å². The molecule has 0 atom stereocenters. The predicted octanol–water partition coefficient (Wildman–Crippen LogP) is 3.52. The Labute approximate surface area is 129 Å². The molecule has 2 aromatic rings. The van der Waals surface area contributed by atoms with E-state index in [4.69, 9.17) is 5.21 Å². The third-order valence-corrected chi connectivity index (χ3v) is 4.18. The van der Waals surface area contributed by atoms with Gasteiger partial charge < -0.3 is 0 Å². The Balaban J connectivity index is 1.77. The molecule has 0 bridgehead atoms. The molecule has 0 aliphatic heterocycles. The van der Waals surface area contributed by atoms with Crippen LogP contribution in [0, 0.1) is 0 Å². The monoisotopic (exact) mass is 301 g/mol. The van der Waals surface area contributed by atoms with Crippen LogP contribution < -0.4 is 5.48 Å². The minimum Gasteiger partial charge on any atom is -0.289 e. The Morgan fingerprint density at radius 1 is 0.952 bits per heavy atom. The van der Waals surface area contributed by atoms with Crippen molar-refractivity contribution in [2.45, 2.75) is 12.8 Å². The maximum Gasteiger partial charge on any atom is 0.244 e. The lowest BCUT2D eigenvalue weighted by molar-refractivity contribution is -0.128. The van der Waals surface area contributed by atoms with Crippen LogP contribution in [0.4, 0.5) is 0 Å². The molecule has 3 nitrogen and oxygen atoms in total. The standard InChI is InChI=1S/C17H19NO2S/c19-17(18-20)11-13-21-12-10-14-6-8-16(9-7-14)15-4-2-1-3-5-15/h1-9,20H,10-13H2,(H,18,19). The third-order valence-electron chi connectivity index (χ3n) is 3.19. The van der Waals surface area contributed by atoms with Crippen LogP contribution in [-0.4, -0.2) is 22.6 Å². The quantitative estimate of drug-likeness (QED) is 0.467. The van der Waals surface area contributed by atoms with E-state index >= 15 is 0 Å². The van der Waals surface area contributed by atoms with Gasteiger partial charge in [0.2, 0.25) is 5.91 Å². The molecule has 4 heteroatoms. The SMILES string of the molecule is O=C(CCSCCc1ccc(-c2ccccc2)cc1)NO. The average Bonchev–Trinajstić information content (AvgIpc) is 2.55. The summed E-state index contributed by atoms with van der Waals surface area (Å²) in [6.07, 6.45) is 1.34. The van der Waals surface area contributed by atoms with E-state index in [0.717, 1.165) is 17.9 Å². The van der Waals surface area contributed by atoms with Crippen molar-refractivity contribution in [1.29, 1.82) is 0 Å². The molecule has 0 aliphatic rings. The molecule has 110 valence electrons. The summed E-state index contributed by atoms with van der Waals surface area (Å²) < 4.78 is 0. The first-order chi connectivity index (χ1) is 10.3. The molecule has 21 heavy (non-hydrogen) atoms. The van der Waals surface area contributed by atoms with Crippen LogP contribution in [0.3, 0.4) is 0 Å². The van der Waals surface area contributed by atoms with Crippen LogP contribution in [0.2, 0.25) is 0 Å². The van der Waals surface area contributed by atoms with Crippen LogP contribution in [-0.2, 0) is 11.2 Å². The minimum absolute atomic E-state index is 0.324. The summed E-state index contributed by atoms with van der Waals surface area (Å²) in [4.78, 5) is 10.8. The van der Waals surface area contributed by atoms with Crippen molar-refractivity contribution in [3.8, 4) is 11.1 Å². The number of carbonyl (C=O) groups is 1. The number of thioether (sulfide) groups is 1. The fourth-order valence-electron chi connectivity index (χ4n) is 2.01. The van der Waals surface area contributed by atoms with Crippen molar-refractivity contribution in [3.05, 3.63) is 60.2 Å². The zero-order chi connectivity index (χ0) is 14.9. The highest BCUT2D eigenvalue weighted by atomic mass is 32.2. The summed E-state index contributed by atoms with van der Waals surface area (Å²) in [5.41, 5.74) is 5.40. The third kappa shape index (κ3) is 5.25. The van der Waals surface area contributed by atoms with E-state index in [1.165, 1.54) is 16.7 Å². The molecule has 2 N–H and O–H groups in total. The fraction of sp³-hybridized carbons (Fsp3) is 0.235. The number of hydroxylamine groups is 1. The summed E-state index contributed by atoms with van der Waals surface area (Å²) in [5, 5.41) is 8.38. The number of rotatable bonds is 7. The van der Waals surface area contributed by atoms with Crippen molar-refractivity contribution in [2.75, 3.05) is 11.5 Å². The molecule has 0 radical (unpaired) electrons. The Hall–Kier alpha value is -1.78. The maximum atomic E-state index is 10.8. The number of aryl methyl sites for hydroxylation is 1. The van der Waals surface area contributed by atoms with E-state index < -0.39 is 0 Å². The molecule has 0 spiro atoms. The highest BCUT2D eigenvalue weighted by Crippen LogP contribution is 2.19. The highest BCUT2D eigenvalue weighted by molar-refractivity contribution is 7.99. The van der Waals surface area contributed by atoms with E-state index in [2.05, 4.69) is 36.4 Å². The summed E-state index contributed by atoms with van der Waals surface area (Å²) in [6.45, 7) is 0. The van der Waals surface area contributed by atoms with E-state index in [1.54, 1.807) is 17.2 Å². The molecule has 2 aromatic carbocycles. The Kier molecular flexibility index (Phi) is 6.31. The van der Waals surface area contributed by atoms with Gasteiger partial charge in [-0.15, -0.1) is 0 Å². The van der Waals surface area contributed by atoms with Crippen LogP contribution in [0.5, 0.6) is 0 Å². The Bertz CT molecular complexity index is 555. The zero-order valence-electron chi connectivity index (χ0n) is 11.8. The smallest absolute Gasteiger partial charge is 0.244 e. The normalized spacial score (nSPS) is 10.3. The first kappa shape index (κ1) is 15.6. The number of hydrogen-bond acceptors (Lipinski definition) is 3. The summed E-state index contributed by atoms with van der Waals surface area (Å²) >= 11 is 1.72. The lowest BCUT2D eigenvalue weighted by atomic mass is 10.0. The van der Waals surface area contributed by atoms with Crippen molar-refractivity contribution in [3.63, 3.8) is 0 Å². The highest BCUT2D eigenvalue weighted by Gasteiger charge is 2.00. The summed E-state index contributed by atoms with van der Waals surface area (Å²) in [5.74, 6) is 1.38. The first-order valence-electron chi connectivity index (χ1n) is 6.94. The largest absolute Gasteiger partial charge is 0.289 e. The van der Waals surface area contributed by atoms with Gasteiger partial charge in [-0.3, -0.25) is 10.0 Å². The molecule has 0 unspecified atom stereocenters. The molecule has 0 saturated carbocycles. The van der Waals surface area contributed by atoms with Gasteiger partial charge in [0.05, 0.1) is 0 Å². The molecular weight excluding hydrogens is 282 g/mol. The maximum absolute atomic E-state index is 10.8. The number of amides is 1. The molecule has 0 heterocycles. The van der Waals surface area contributed by atoms with E-state index in [1.807, 2.05) is 18.2 Å². The number of carbonyl (C=O) groups excluding carboxylic acids is 1. The van der Waals surface area contributed by atoms with Crippen molar-refractivity contribution in [2.24, 2.45) is 0 Å². The van der Waals surface area contributed by atoms with Crippen molar-refractivity contribution >= 4 is 17.7 Å². The molecule has 2 rings (SSSR count). The molecule has 0 aliphatic carbocycles. The lowest BCUT2D eigenvalue weighted by Crippen LogP contribution is -2.18. The minimum atomic E-state index is -0.324. The second-order valence-electron chi connectivity index (χ2n) is 4.71. The number of nitrogens with one attached hydrogen (secondary N) is 1. The van der Waals surface area contributed by atoms with Gasteiger partial charge in [0, 0.05) is 12.2 Å². The second kappa shape index (κ2) is 8.49. The summed E-state index contributed by atoms with van der Waals surface area (Å²) in [7, 11) is 0. The van der Waals surface area contributed by atoms with E-state index in [-0.39, 0.29) is 5.91 Å². The topological polar surface area (TPSA) is 49.3 Å². The second-order valence-corrected chi connectivity index (χ2v) is 5.94. The number of benzene rings is 2. The van der Waals surface area contributed by atoms with Gasteiger partial charge in [-0.05, 0) is 28.9 Å². The molecule has 0 fully saturated rings. The van der Waals surface area contributed by atoms with Gasteiger partial charge in [-0.2, -0.15) is 11.8 Å². The van der Waals surface area contributed by atoms with Crippen LogP contribution in [0.25, 0.3) is 11.1 Å². The van der Waals surface area contributed by atoms with Gasteiger partial charge in [0.15, 0.2) is 0 Å². The predicted molar refractivity (Wildman–Crippen MR) is 87.5 cm³/mol. The molecule has 1 amide bonds. The van der Waals surface area contributed by atoms with Crippen LogP contribution in [0.15, 0.2) is 54.6 Å². The summed E-state index contributed by atoms with van der Waals surface area (Å²) in [6, 6.07) is 18.9. The van der Waals surface area contributed by atoms with Gasteiger partial charge in [-0.1, -0.05) is 54.6 Å². The van der Waals surface area contributed by atoms with Crippen LogP contribution >= 0.6 is 11.8 Å². The van der Waals surface area contributed by atoms with Gasteiger partial charge >= 0.3 is 0 Å². The van der Waals surface area contributed by atoms with E-state index in [0.29, 0.717) is 6.42 Å².